The Bertz CT molecular complexity index is 559. The summed E-state index contributed by atoms with van der Waals surface area (Å²) < 4.78 is 2.05. The van der Waals surface area contributed by atoms with E-state index in [-0.39, 0.29) is 0 Å². The molecule has 0 radical (unpaired) electrons. The zero-order valence-electron chi connectivity index (χ0n) is 13.5. The molecular weight excluding hydrogens is 260 g/mol. The average molecular weight is 286 g/mol. The number of aryl methyl sites for hydroxylation is 1. The Labute approximate surface area is 127 Å². The normalized spacial score (nSPS) is 12.8. The van der Waals surface area contributed by atoms with Crippen molar-refractivity contribution in [3.63, 3.8) is 0 Å². The molecule has 1 aromatic carbocycles. The highest BCUT2D eigenvalue weighted by Crippen LogP contribution is 2.23. The van der Waals surface area contributed by atoms with E-state index in [2.05, 4.69) is 60.4 Å². The zero-order valence-corrected chi connectivity index (χ0v) is 13.5. The van der Waals surface area contributed by atoms with Crippen LogP contribution < -0.4 is 5.32 Å². The Morgan fingerprint density at radius 3 is 2.67 bits per heavy atom. The molecule has 0 aliphatic rings. The van der Waals surface area contributed by atoms with Gasteiger partial charge < -0.3 is 5.32 Å². The number of nitrogens with one attached hydrogen (secondary N) is 1. The van der Waals surface area contributed by atoms with Crippen LogP contribution in [0.15, 0.2) is 30.6 Å². The van der Waals surface area contributed by atoms with E-state index in [0.717, 1.165) is 25.3 Å². The maximum Gasteiger partial charge on any atom is 0.138 e. The second-order valence-electron chi connectivity index (χ2n) is 6.07. The third-order valence-corrected chi connectivity index (χ3v) is 3.74. The first-order valence-electron chi connectivity index (χ1n) is 7.68. The number of nitrogens with zero attached hydrogens (tertiary/aromatic N) is 3. The van der Waals surface area contributed by atoms with Gasteiger partial charge in [0.1, 0.15) is 12.2 Å². The molecule has 1 heterocycles. The van der Waals surface area contributed by atoms with Crippen LogP contribution in [-0.4, -0.2) is 28.4 Å². The van der Waals surface area contributed by atoms with Crippen LogP contribution in [0.25, 0.3) is 0 Å². The van der Waals surface area contributed by atoms with Gasteiger partial charge in [0.05, 0.1) is 0 Å². The lowest BCUT2D eigenvalue weighted by atomic mass is 9.91. The first-order valence-corrected chi connectivity index (χ1v) is 7.68. The van der Waals surface area contributed by atoms with Gasteiger partial charge >= 0.3 is 0 Å². The minimum absolute atomic E-state index is 0.423. The summed E-state index contributed by atoms with van der Waals surface area (Å²) in [5.41, 5.74) is 2.73. The molecule has 4 nitrogen and oxygen atoms in total. The van der Waals surface area contributed by atoms with Crippen molar-refractivity contribution in [3.8, 4) is 0 Å². The maximum atomic E-state index is 4.47. The van der Waals surface area contributed by atoms with E-state index in [4.69, 9.17) is 0 Å². The highest BCUT2D eigenvalue weighted by atomic mass is 15.3. The fraction of sp³-hybridized carbons (Fsp3) is 0.529. The van der Waals surface area contributed by atoms with Crippen molar-refractivity contribution in [3.05, 3.63) is 47.5 Å². The first-order chi connectivity index (χ1) is 10.1. The number of hydrogen-bond donors (Lipinski definition) is 1. The highest BCUT2D eigenvalue weighted by Gasteiger charge is 2.17. The van der Waals surface area contributed by atoms with E-state index in [1.807, 2.05) is 11.7 Å². The van der Waals surface area contributed by atoms with E-state index < -0.39 is 0 Å². The number of benzene rings is 1. The summed E-state index contributed by atoms with van der Waals surface area (Å²) in [6.07, 6.45) is 2.59. The van der Waals surface area contributed by atoms with Crippen LogP contribution in [0.2, 0.25) is 0 Å². The number of aromatic nitrogens is 3. The molecule has 1 aromatic heterocycles. The van der Waals surface area contributed by atoms with Crippen LogP contribution in [0.1, 0.15) is 36.7 Å². The number of rotatable bonds is 7. The molecule has 0 bridgehead atoms. The fourth-order valence-electron chi connectivity index (χ4n) is 2.75. The van der Waals surface area contributed by atoms with Gasteiger partial charge in [0, 0.05) is 25.4 Å². The van der Waals surface area contributed by atoms with Crippen molar-refractivity contribution in [2.75, 3.05) is 13.6 Å². The Kier molecular flexibility index (Phi) is 5.51. The molecular formula is C17H26N4. The average Bonchev–Trinajstić information content (AvgIpc) is 2.85. The van der Waals surface area contributed by atoms with Crippen LogP contribution in [0, 0.1) is 12.8 Å². The second-order valence-corrected chi connectivity index (χ2v) is 6.07. The lowest BCUT2D eigenvalue weighted by Gasteiger charge is -2.19. The van der Waals surface area contributed by atoms with E-state index in [9.17, 15) is 0 Å². The summed E-state index contributed by atoms with van der Waals surface area (Å²) in [5, 5.41) is 7.68. The quantitative estimate of drug-likeness (QED) is 0.851. The second kappa shape index (κ2) is 7.36. The van der Waals surface area contributed by atoms with Crippen LogP contribution in [0.3, 0.4) is 0 Å². The Morgan fingerprint density at radius 2 is 2.00 bits per heavy atom. The molecule has 0 amide bonds. The molecule has 114 valence electrons. The monoisotopic (exact) mass is 286 g/mol. The van der Waals surface area contributed by atoms with Gasteiger partial charge in [0.15, 0.2) is 0 Å². The van der Waals surface area contributed by atoms with Crippen molar-refractivity contribution in [1.82, 2.24) is 20.1 Å². The van der Waals surface area contributed by atoms with Crippen LogP contribution in [-0.2, 0) is 13.0 Å². The molecule has 0 saturated carbocycles. The molecule has 0 fully saturated rings. The van der Waals surface area contributed by atoms with Crippen LogP contribution >= 0.6 is 0 Å². The van der Waals surface area contributed by atoms with Gasteiger partial charge in [-0.25, -0.2) is 9.67 Å². The van der Waals surface area contributed by atoms with Gasteiger partial charge in [-0.15, -0.1) is 0 Å². The van der Waals surface area contributed by atoms with Crippen LogP contribution in [0.4, 0.5) is 0 Å². The molecule has 1 atom stereocenters. The summed E-state index contributed by atoms with van der Waals surface area (Å²) in [5.74, 6) is 2.07. The summed E-state index contributed by atoms with van der Waals surface area (Å²) in [6, 6.07) is 8.61. The van der Waals surface area contributed by atoms with Crippen molar-refractivity contribution >= 4 is 0 Å². The van der Waals surface area contributed by atoms with E-state index in [1.165, 1.54) is 11.1 Å². The summed E-state index contributed by atoms with van der Waals surface area (Å²) in [4.78, 5) is 4.47. The third-order valence-electron chi connectivity index (χ3n) is 3.74. The Morgan fingerprint density at radius 1 is 1.24 bits per heavy atom. The third kappa shape index (κ3) is 4.14. The van der Waals surface area contributed by atoms with Gasteiger partial charge in [-0.3, -0.25) is 0 Å². The molecule has 1 N–H and O–H groups in total. The van der Waals surface area contributed by atoms with E-state index >= 15 is 0 Å². The standard InChI is InChI=1S/C17H26N4/c1-13(2)11-21-17(19-12-20-21)9-15(10-18-4)16-8-6-5-7-14(16)3/h5-8,12-13,15,18H,9-11H2,1-4H3. The molecule has 0 aliphatic heterocycles. The summed E-state index contributed by atoms with van der Waals surface area (Å²) >= 11 is 0. The molecule has 1 unspecified atom stereocenters. The number of likely N-dealkylation sites (N-methyl/N-ethyl adjacent to an activating group) is 1. The van der Waals surface area contributed by atoms with Gasteiger partial charge in [-0.2, -0.15) is 5.10 Å². The van der Waals surface area contributed by atoms with Crippen LogP contribution in [0.5, 0.6) is 0 Å². The molecule has 2 aromatic rings. The Hall–Kier alpha value is -1.68. The summed E-state index contributed by atoms with van der Waals surface area (Å²) in [6.45, 7) is 8.46. The van der Waals surface area contributed by atoms with Crippen molar-refractivity contribution in [2.45, 2.75) is 39.7 Å². The van der Waals surface area contributed by atoms with Gasteiger partial charge in [0.25, 0.3) is 0 Å². The van der Waals surface area contributed by atoms with Crippen molar-refractivity contribution in [2.24, 2.45) is 5.92 Å². The lowest BCUT2D eigenvalue weighted by molar-refractivity contribution is 0.456. The molecule has 4 heteroatoms. The zero-order chi connectivity index (χ0) is 15.2. The predicted molar refractivity (Wildman–Crippen MR) is 86.4 cm³/mol. The van der Waals surface area contributed by atoms with Gasteiger partial charge in [-0.05, 0) is 31.0 Å². The van der Waals surface area contributed by atoms with Gasteiger partial charge in [0.2, 0.25) is 0 Å². The maximum absolute atomic E-state index is 4.47. The Balaban J connectivity index is 2.21. The first kappa shape index (κ1) is 15.7. The molecule has 21 heavy (non-hydrogen) atoms. The molecule has 0 spiro atoms. The van der Waals surface area contributed by atoms with Crippen molar-refractivity contribution in [1.29, 1.82) is 0 Å². The number of hydrogen-bond acceptors (Lipinski definition) is 3. The lowest BCUT2D eigenvalue weighted by Crippen LogP contribution is -2.22. The van der Waals surface area contributed by atoms with E-state index in [1.54, 1.807) is 6.33 Å². The van der Waals surface area contributed by atoms with E-state index in [0.29, 0.717) is 11.8 Å². The fourth-order valence-corrected chi connectivity index (χ4v) is 2.75. The largest absolute Gasteiger partial charge is 0.319 e. The summed E-state index contributed by atoms with van der Waals surface area (Å²) in [7, 11) is 2.00. The SMILES string of the molecule is CNCC(Cc1ncnn1CC(C)C)c1ccccc1C. The minimum atomic E-state index is 0.423. The van der Waals surface area contributed by atoms with Gasteiger partial charge in [-0.1, -0.05) is 38.1 Å². The smallest absolute Gasteiger partial charge is 0.138 e. The molecule has 0 saturated heterocycles. The molecule has 0 aliphatic carbocycles. The predicted octanol–water partition coefficient (Wildman–Crippen LogP) is 2.79. The topological polar surface area (TPSA) is 42.7 Å². The van der Waals surface area contributed by atoms with Crippen molar-refractivity contribution < 1.29 is 0 Å². The highest BCUT2D eigenvalue weighted by molar-refractivity contribution is 5.30. The minimum Gasteiger partial charge on any atom is -0.319 e. The molecule has 2 rings (SSSR count).